The van der Waals surface area contributed by atoms with Crippen LogP contribution in [0.3, 0.4) is 0 Å². The minimum atomic E-state index is -0.508. The molecular weight excluding hydrogens is 284 g/mol. The lowest BCUT2D eigenvalue weighted by atomic mass is 9.89. The largest absolute Gasteiger partial charge is 0.463 e. The summed E-state index contributed by atoms with van der Waals surface area (Å²) in [6.07, 6.45) is 5.42. The molecule has 1 aliphatic rings. The minimum absolute atomic E-state index is 0.287. The highest BCUT2D eigenvalue weighted by Crippen LogP contribution is 2.33. The third kappa shape index (κ3) is 5.79. The van der Waals surface area contributed by atoms with E-state index in [1.54, 1.807) is 6.92 Å². The van der Waals surface area contributed by atoms with Gasteiger partial charge in [-0.25, -0.2) is 4.79 Å². The molecule has 0 aromatic heterocycles. The molecule has 0 aliphatic carbocycles. The number of carbonyl (C=O) groups excluding carboxylic acids is 2. The molecule has 2 atom stereocenters. The molecule has 1 saturated heterocycles. The summed E-state index contributed by atoms with van der Waals surface area (Å²) >= 11 is 0. The molecule has 5 heteroatoms. The summed E-state index contributed by atoms with van der Waals surface area (Å²) in [7, 11) is 0. The maximum absolute atomic E-state index is 11.6. The lowest BCUT2D eigenvalue weighted by Crippen LogP contribution is -2.43. The van der Waals surface area contributed by atoms with Crippen molar-refractivity contribution in [3.05, 3.63) is 11.6 Å². The summed E-state index contributed by atoms with van der Waals surface area (Å²) < 4.78 is 16.5. The molecule has 0 aromatic carbocycles. The predicted octanol–water partition coefficient (Wildman–Crippen LogP) is 3.17. The Kier molecular flexibility index (Phi) is 7.59. The molecule has 0 bridgehead atoms. The van der Waals surface area contributed by atoms with Crippen molar-refractivity contribution in [3.8, 4) is 0 Å². The average molecular weight is 312 g/mol. The van der Waals surface area contributed by atoms with Crippen molar-refractivity contribution in [3.63, 3.8) is 0 Å². The lowest BCUT2D eigenvalue weighted by Gasteiger charge is -2.35. The number of hydrogen-bond acceptors (Lipinski definition) is 5. The molecule has 5 nitrogen and oxygen atoms in total. The number of esters is 2. The van der Waals surface area contributed by atoms with Gasteiger partial charge in [0, 0.05) is 13.0 Å². The highest BCUT2D eigenvalue weighted by atomic mass is 16.6. The van der Waals surface area contributed by atoms with E-state index in [2.05, 4.69) is 6.92 Å². The Morgan fingerprint density at radius 2 is 2.14 bits per heavy atom. The van der Waals surface area contributed by atoms with Gasteiger partial charge in [-0.15, -0.1) is 0 Å². The van der Waals surface area contributed by atoms with E-state index in [1.165, 1.54) is 13.0 Å². The normalized spacial score (nSPS) is 27.3. The summed E-state index contributed by atoms with van der Waals surface area (Å²) in [6, 6.07) is 0. The van der Waals surface area contributed by atoms with Crippen LogP contribution in [0.2, 0.25) is 0 Å². The van der Waals surface area contributed by atoms with Crippen molar-refractivity contribution in [1.29, 1.82) is 0 Å². The van der Waals surface area contributed by atoms with E-state index in [0.29, 0.717) is 26.1 Å². The van der Waals surface area contributed by atoms with Crippen LogP contribution in [0.4, 0.5) is 0 Å². The van der Waals surface area contributed by atoms with E-state index in [0.717, 1.165) is 24.8 Å². The standard InChI is InChI=1S/C17H28O5/c1-5-7-10-17(4)15(22-13(3)18)9-8-14(12-21-17)11-16(19)20-6-2/h11,15H,5-10,12H2,1-4H3/b14-11+. The Balaban J connectivity index is 2.84. The van der Waals surface area contributed by atoms with Gasteiger partial charge in [0.05, 0.1) is 13.2 Å². The molecule has 1 aliphatic heterocycles. The Bertz CT molecular complexity index is 415. The van der Waals surface area contributed by atoms with Gasteiger partial charge in [-0.2, -0.15) is 0 Å². The van der Waals surface area contributed by atoms with E-state index in [-0.39, 0.29) is 18.0 Å². The van der Waals surface area contributed by atoms with Crippen LogP contribution in [0.25, 0.3) is 0 Å². The van der Waals surface area contributed by atoms with Crippen molar-refractivity contribution >= 4 is 11.9 Å². The number of carbonyl (C=O) groups is 2. The zero-order valence-electron chi connectivity index (χ0n) is 14.1. The van der Waals surface area contributed by atoms with Gasteiger partial charge in [-0.05, 0) is 38.7 Å². The van der Waals surface area contributed by atoms with Crippen molar-refractivity contribution in [2.45, 2.75) is 71.5 Å². The Labute approximate surface area is 133 Å². The van der Waals surface area contributed by atoms with E-state index >= 15 is 0 Å². The quantitative estimate of drug-likeness (QED) is 0.557. The molecule has 0 spiro atoms. The molecule has 0 saturated carbocycles. The van der Waals surface area contributed by atoms with Crippen LogP contribution in [-0.2, 0) is 23.8 Å². The first-order chi connectivity index (χ1) is 10.4. The van der Waals surface area contributed by atoms with Crippen LogP contribution in [0.5, 0.6) is 0 Å². The summed E-state index contributed by atoms with van der Waals surface area (Å²) in [5.74, 6) is -0.642. The molecule has 0 amide bonds. The van der Waals surface area contributed by atoms with Crippen molar-refractivity contribution in [2.24, 2.45) is 0 Å². The molecule has 1 rings (SSSR count). The summed E-state index contributed by atoms with van der Waals surface area (Å²) in [5.41, 5.74) is 0.377. The second-order valence-electron chi connectivity index (χ2n) is 5.90. The molecular formula is C17H28O5. The van der Waals surface area contributed by atoms with Crippen LogP contribution in [0, 0.1) is 0 Å². The molecule has 0 radical (unpaired) electrons. The molecule has 22 heavy (non-hydrogen) atoms. The maximum atomic E-state index is 11.6. The first-order valence-electron chi connectivity index (χ1n) is 8.08. The Morgan fingerprint density at radius 3 is 2.73 bits per heavy atom. The van der Waals surface area contributed by atoms with Gasteiger partial charge in [0.1, 0.15) is 11.7 Å². The van der Waals surface area contributed by atoms with Gasteiger partial charge >= 0.3 is 11.9 Å². The van der Waals surface area contributed by atoms with Crippen LogP contribution in [0.1, 0.15) is 59.8 Å². The van der Waals surface area contributed by atoms with E-state index in [1.807, 2.05) is 6.92 Å². The third-order valence-corrected chi connectivity index (χ3v) is 3.94. The molecule has 0 N–H and O–H groups in total. The van der Waals surface area contributed by atoms with Gasteiger partial charge < -0.3 is 14.2 Å². The zero-order valence-corrected chi connectivity index (χ0v) is 14.1. The fourth-order valence-corrected chi connectivity index (χ4v) is 2.65. The SMILES string of the molecule is CCCCC1(C)OC/C(=C/C(=O)OCC)CCC1OC(C)=O. The smallest absolute Gasteiger partial charge is 0.330 e. The van der Waals surface area contributed by atoms with Gasteiger partial charge in [0.2, 0.25) is 0 Å². The number of ether oxygens (including phenoxy) is 3. The van der Waals surface area contributed by atoms with Crippen molar-refractivity contribution in [1.82, 2.24) is 0 Å². The zero-order chi connectivity index (χ0) is 16.6. The van der Waals surface area contributed by atoms with Gasteiger partial charge in [0.25, 0.3) is 0 Å². The topological polar surface area (TPSA) is 61.8 Å². The summed E-state index contributed by atoms with van der Waals surface area (Å²) in [4.78, 5) is 22.9. The van der Waals surface area contributed by atoms with Gasteiger partial charge in [-0.1, -0.05) is 19.8 Å². The average Bonchev–Trinajstić information content (AvgIpc) is 2.59. The van der Waals surface area contributed by atoms with Gasteiger partial charge in [0.15, 0.2) is 0 Å². The van der Waals surface area contributed by atoms with Crippen LogP contribution < -0.4 is 0 Å². The molecule has 0 aromatic rings. The van der Waals surface area contributed by atoms with E-state index < -0.39 is 5.60 Å². The molecule has 1 heterocycles. The lowest BCUT2D eigenvalue weighted by molar-refractivity contribution is -0.167. The molecule has 2 unspecified atom stereocenters. The maximum Gasteiger partial charge on any atom is 0.330 e. The first kappa shape index (κ1) is 18.7. The predicted molar refractivity (Wildman–Crippen MR) is 83.4 cm³/mol. The second kappa shape index (κ2) is 8.93. The van der Waals surface area contributed by atoms with Crippen LogP contribution in [-0.4, -0.2) is 36.9 Å². The Hall–Kier alpha value is -1.36. The number of rotatable bonds is 6. The van der Waals surface area contributed by atoms with Crippen LogP contribution >= 0.6 is 0 Å². The fourth-order valence-electron chi connectivity index (χ4n) is 2.65. The van der Waals surface area contributed by atoms with E-state index in [4.69, 9.17) is 14.2 Å². The summed E-state index contributed by atoms with van der Waals surface area (Å²) in [6.45, 7) is 8.03. The highest BCUT2D eigenvalue weighted by Gasteiger charge is 2.39. The number of unbranched alkanes of at least 4 members (excludes halogenated alkanes) is 1. The Morgan fingerprint density at radius 1 is 1.41 bits per heavy atom. The second-order valence-corrected chi connectivity index (χ2v) is 5.90. The van der Waals surface area contributed by atoms with Crippen molar-refractivity contribution < 1.29 is 23.8 Å². The fraction of sp³-hybridized carbons (Fsp3) is 0.765. The van der Waals surface area contributed by atoms with Crippen LogP contribution in [0.15, 0.2) is 11.6 Å². The minimum Gasteiger partial charge on any atom is -0.463 e. The van der Waals surface area contributed by atoms with E-state index in [9.17, 15) is 9.59 Å². The first-order valence-corrected chi connectivity index (χ1v) is 8.08. The monoisotopic (exact) mass is 312 g/mol. The van der Waals surface area contributed by atoms with Gasteiger partial charge in [-0.3, -0.25) is 4.79 Å². The number of hydrogen-bond donors (Lipinski definition) is 0. The summed E-state index contributed by atoms with van der Waals surface area (Å²) in [5, 5.41) is 0. The highest BCUT2D eigenvalue weighted by molar-refractivity contribution is 5.82. The third-order valence-electron chi connectivity index (χ3n) is 3.94. The molecule has 1 fully saturated rings. The van der Waals surface area contributed by atoms with Crippen molar-refractivity contribution in [2.75, 3.05) is 13.2 Å². The molecule has 126 valence electrons.